The van der Waals surface area contributed by atoms with E-state index in [-0.39, 0.29) is 17.2 Å². The number of nitrogens with zero attached hydrogens (tertiary/aromatic N) is 4. The number of nitrogens with one attached hydrogen (secondary N) is 1. The fourth-order valence-corrected chi connectivity index (χ4v) is 5.76. The van der Waals surface area contributed by atoms with Gasteiger partial charge in [0.25, 0.3) is 11.1 Å². The lowest BCUT2D eigenvalue weighted by Crippen LogP contribution is -2.44. The average Bonchev–Trinajstić information content (AvgIpc) is 3.43. The topological polar surface area (TPSA) is 72.2 Å². The Hall–Kier alpha value is -2.77. The minimum atomic E-state index is -0.0255. The van der Waals surface area contributed by atoms with Crippen LogP contribution in [0.1, 0.15) is 42.1 Å². The molecule has 0 unspecified atom stereocenters. The first kappa shape index (κ1) is 19.9. The molecule has 7 heteroatoms. The molecule has 2 aliphatic heterocycles. The summed E-state index contributed by atoms with van der Waals surface area (Å²) in [5.41, 5.74) is 4.78. The van der Waals surface area contributed by atoms with Crippen LogP contribution in [0, 0.1) is 0 Å². The van der Waals surface area contributed by atoms with Crippen LogP contribution in [0.15, 0.2) is 46.1 Å². The lowest BCUT2D eigenvalue weighted by molar-refractivity contribution is 0.171. The van der Waals surface area contributed by atoms with Crippen molar-refractivity contribution < 1.29 is 0 Å². The summed E-state index contributed by atoms with van der Waals surface area (Å²) in [6, 6.07) is 9.66. The molecule has 3 aliphatic rings. The summed E-state index contributed by atoms with van der Waals surface area (Å²) >= 11 is 0. The van der Waals surface area contributed by atoms with Gasteiger partial charge < -0.3 is 10.2 Å². The van der Waals surface area contributed by atoms with E-state index in [0.717, 1.165) is 55.7 Å². The van der Waals surface area contributed by atoms with Gasteiger partial charge in [0.05, 0.1) is 11.7 Å². The van der Waals surface area contributed by atoms with Crippen LogP contribution in [0.3, 0.4) is 0 Å². The molecule has 1 atom stereocenters. The first-order chi connectivity index (χ1) is 15.7. The second kappa shape index (κ2) is 7.98. The number of fused-ring (bicyclic) bond motifs is 1. The van der Waals surface area contributed by atoms with Gasteiger partial charge in [-0.3, -0.25) is 23.7 Å². The SMILES string of the molecule is O=c1ccc2ccc(=O)n3c2n1C[C@H]3CN1CCC(NCc2cc3c(cn2)CCC3)CC1. The monoisotopic (exact) mass is 431 g/mol. The van der Waals surface area contributed by atoms with Crippen LogP contribution < -0.4 is 16.4 Å². The molecule has 1 fully saturated rings. The van der Waals surface area contributed by atoms with Crippen molar-refractivity contribution in [2.24, 2.45) is 0 Å². The minimum Gasteiger partial charge on any atom is -0.308 e. The first-order valence-electron chi connectivity index (χ1n) is 11.8. The Kier molecular flexibility index (Phi) is 4.96. The van der Waals surface area contributed by atoms with Gasteiger partial charge in [0.15, 0.2) is 0 Å². The highest BCUT2D eigenvalue weighted by atomic mass is 16.1. The Labute approximate surface area is 186 Å². The summed E-state index contributed by atoms with van der Waals surface area (Å²) in [7, 11) is 0. The summed E-state index contributed by atoms with van der Waals surface area (Å²) in [5.74, 6) is 0. The van der Waals surface area contributed by atoms with Gasteiger partial charge in [-0.1, -0.05) is 0 Å². The summed E-state index contributed by atoms with van der Waals surface area (Å²) in [4.78, 5) is 32.1. The molecular weight excluding hydrogens is 402 g/mol. The number of pyridine rings is 3. The van der Waals surface area contributed by atoms with Crippen LogP contribution in [0.2, 0.25) is 0 Å². The number of hydrogen-bond acceptors (Lipinski definition) is 5. The largest absolute Gasteiger partial charge is 0.308 e. The maximum atomic E-state index is 12.6. The molecule has 1 N–H and O–H groups in total. The molecule has 0 bridgehead atoms. The third-order valence-electron chi connectivity index (χ3n) is 7.48. The van der Waals surface area contributed by atoms with Crippen LogP contribution in [-0.4, -0.2) is 44.7 Å². The smallest absolute Gasteiger partial charge is 0.252 e. The molecule has 0 spiro atoms. The molecule has 0 amide bonds. The van der Waals surface area contributed by atoms with E-state index in [9.17, 15) is 9.59 Å². The average molecular weight is 432 g/mol. The molecule has 5 heterocycles. The van der Waals surface area contributed by atoms with E-state index in [4.69, 9.17) is 0 Å². The van der Waals surface area contributed by atoms with Crippen molar-refractivity contribution in [3.63, 3.8) is 0 Å². The van der Waals surface area contributed by atoms with Crippen LogP contribution in [0.25, 0.3) is 11.0 Å². The van der Waals surface area contributed by atoms with Gasteiger partial charge in [-0.2, -0.15) is 0 Å². The molecule has 166 valence electrons. The van der Waals surface area contributed by atoms with Gasteiger partial charge in [-0.25, -0.2) is 0 Å². The lowest BCUT2D eigenvalue weighted by atomic mass is 10.0. The molecule has 0 saturated carbocycles. The Morgan fingerprint density at radius 1 is 1.00 bits per heavy atom. The number of piperidine rings is 1. The Balaban J connectivity index is 1.07. The summed E-state index contributed by atoms with van der Waals surface area (Å²) < 4.78 is 3.60. The van der Waals surface area contributed by atoms with Crippen molar-refractivity contribution in [3.05, 3.63) is 74.1 Å². The number of aromatic nitrogens is 3. The van der Waals surface area contributed by atoms with Crippen molar-refractivity contribution in [3.8, 4) is 0 Å². The van der Waals surface area contributed by atoms with Gasteiger partial charge in [0.2, 0.25) is 0 Å². The molecule has 1 aliphatic carbocycles. The lowest BCUT2D eigenvalue weighted by Gasteiger charge is -2.34. The third-order valence-corrected chi connectivity index (χ3v) is 7.48. The number of rotatable bonds is 5. The van der Waals surface area contributed by atoms with Crippen molar-refractivity contribution in [2.45, 2.75) is 57.3 Å². The number of aryl methyl sites for hydroxylation is 2. The van der Waals surface area contributed by atoms with Crippen LogP contribution in [0.4, 0.5) is 0 Å². The molecule has 7 nitrogen and oxygen atoms in total. The maximum Gasteiger partial charge on any atom is 0.252 e. The minimum absolute atomic E-state index is 0.0152. The van der Waals surface area contributed by atoms with E-state index in [1.807, 2.05) is 16.7 Å². The fourth-order valence-electron chi connectivity index (χ4n) is 5.76. The predicted molar refractivity (Wildman–Crippen MR) is 124 cm³/mol. The van der Waals surface area contributed by atoms with E-state index in [2.05, 4.69) is 27.5 Å². The zero-order valence-corrected chi connectivity index (χ0v) is 18.3. The van der Waals surface area contributed by atoms with Crippen molar-refractivity contribution in [1.29, 1.82) is 0 Å². The second-order valence-electron chi connectivity index (χ2n) is 9.51. The standard InChI is InChI=1S/C25H29N5O2/c31-23-6-4-17-5-7-24(32)30-22(16-29(23)25(17)30)15-28-10-8-20(9-11-28)27-14-21-12-18-2-1-3-19(18)13-26-21/h4-7,12-13,20,22,27H,1-3,8-11,14-16H2/t22-/m1/s1. The molecule has 1 saturated heterocycles. The zero-order valence-electron chi connectivity index (χ0n) is 18.3. The molecule has 3 aromatic heterocycles. The van der Waals surface area contributed by atoms with Gasteiger partial charge in [-0.15, -0.1) is 0 Å². The maximum absolute atomic E-state index is 12.6. The van der Waals surface area contributed by atoms with Gasteiger partial charge in [-0.05, 0) is 74.5 Å². The molecule has 6 rings (SSSR count). The molecule has 32 heavy (non-hydrogen) atoms. The Bertz CT molecular complexity index is 1280. The van der Waals surface area contributed by atoms with E-state index in [1.54, 1.807) is 16.7 Å². The number of hydrogen-bond donors (Lipinski definition) is 1. The van der Waals surface area contributed by atoms with Gasteiger partial charge >= 0.3 is 0 Å². The van der Waals surface area contributed by atoms with E-state index in [0.29, 0.717) is 12.6 Å². The normalized spacial score (nSPS) is 20.8. The van der Waals surface area contributed by atoms with Crippen LogP contribution >= 0.6 is 0 Å². The fraction of sp³-hybridized carbons (Fsp3) is 0.480. The molecule has 0 aromatic carbocycles. The van der Waals surface area contributed by atoms with E-state index < -0.39 is 0 Å². The summed E-state index contributed by atoms with van der Waals surface area (Å²) in [6.45, 7) is 4.22. The van der Waals surface area contributed by atoms with Crippen molar-refractivity contribution >= 4 is 11.0 Å². The molecule has 3 aromatic rings. The highest BCUT2D eigenvalue weighted by Crippen LogP contribution is 2.25. The third kappa shape index (κ3) is 3.49. The Morgan fingerprint density at radius 2 is 1.78 bits per heavy atom. The van der Waals surface area contributed by atoms with Crippen LogP contribution in [0.5, 0.6) is 0 Å². The van der Waals surface area contributed by atoms with Gasteiger partial charge in [0, 0.05) is 49.4 Å². The number of likely N-dealkylation sites (tertiary alicyclic amines) is 1. The van der Waals surface area contributed by atoms with E-state index >= 15 is 0 Å². The first-order valence-corrected chi connectivity index (χ1v) is 11.8. The van der Waals surface area contributed by atoms with Crippen molar-refractivity contribution in [2.75, 3.05) is 19.6 Å². The zero-order chi connectivity index (χ0) is 21.7. The van der Waals surface area contributed by atoms with Crippen LogP contribution in [-0.2, 0) is 25.9 Å². The highest BCUT2D eigenvalue weighted by molar-refractivity contribution is 5.76. The second-order valence-corrected chi connectivity index (χ2v) is 9.51. The van der Waals surface area contributed by atoms with Crippen molar-refractivity contribution in [1.82, 2.24) is 24.3 Å². The quantitative estimate of drug-likeness (QED) is 0.668. The summed E-state index contributed by atoms with van der Waals surface area (Å²) in [5, 5.41) is 4.65. The van der Waals surface area contributed by atoms with E-state index in [1.165, 1.54) is 30.4 Å². The highest BCUT2D eigenvalue weighted by Gasteiger charge is 2.29. The van der Waals surface area contributed by atoms with Gasteiger partial charge in [0.1, 0.15) is 5.65 Å². The molecule has 0 radical (unpaired) electrons. The predicted octanol–water partition coefficient (Wildman–Crippen LogP) is 1.86. The summed E-state index contributed by atoms with van der Waals surface area (Å²) in [6.07, 6.45) is 7.86. The molecular formula is C25H29N5O2. The Morgan fingerprint density at radius 3 is 2.62 bits per heavy atom.